The normalized spacial score (nSPS) is 10.8. The second-order valence-corrected chi connectivity index (χ2v) is 4.13. The minimum atomic E-state index is -2.42. The van der Waals surface area contributed by atoms with Gasteiger partial charge in [-0.25, -0.2) is 8.78 Å². The average molecular weight is 300 g/mol. The van der Waals surface area contributed by atoms with E-state index >= 15 is 0 Å². The van der Waals surface area contributed by atoms with Gasteiger partial charge in [0.15, 0.2) is 0 Å². The van der Waals surface area contributed by atoms with Crippen molar-refractivity contribution in [2.24, 2.45) is 0 Å². The van der Waals surface area contributed by atoms with Gasteiger partial charge < -0.3 is 0 Å². The van der Waals surface area contributed by atoms with E-state index in [-0.39, 0.29) is 5.56 Å². The van der Waals surface area contributed by atoms with Gasteiger partial charge in [0.05, 0.1) is 0 Å². The molecule has 0 aliphatic carbocycles. The fourth-order valence-electron chi connectivity index (χ4n) is 0.847. The predicted molar refractivity (Wildman–Crippen MR) is 51.5 cm³/mol. The predicted octanol–water partition coefficient (Wildman–Crippen LogP) is 4.46. The first-order valence-corrected chi connectivity index (χ1v) is 4.84. The third-order valence-corrected chi connectivity index (χ3v) is 3.05. The van der Waals surface area contributed by atoms with Gasteiger partial charge in [0, 0.05) is 14.5 Å². The Labute approximate surface area is 86.2 Å². The molecule has 0 nitrogen and oxygen atoms in total. The highest BCUT2D eigenvalue weighted by atomic mass is 79.9. The number of alkyl halides is 2. The number of aryl methyl sites for hydroxylation is 1. The van der Waals surface area contributed by atoms with Crippen molar-refractivity contribution in [1.82, 2.24) is 0 Å². The molecule has 0 amide bonds. The molecule has 1 aromatic rings. The maximum Gasteiger partial charge on any atom is 0.264 e. The Bertz CT molecular complexity index is 297. The fourth-order valence-corrected chi connectivity index (χ4v) is 2.01. The first-order chi connectivity index (χ1) is 5.52. The molecule has 66 valence electrons. The molecule has 0 N–H and O–H groups in total. The first kappa shape index (κ1) is 10.1. The lowest BCUT2D eigenvalue weighted by molar-refractivity contribution is 0.150. The molecule has 0 aromatic heterocycles. The SMILES string of the molecule is Cc1cc(C(F)F)c(Br)cc1Br. The number of rotatable bonds is 1. The topological polar surface area (TPSA) is 0 Å². The fraction of sp³-hybridized carbons (Fsp3) is 0.250. The van der Waals surface area contributed by atoms with Gasteiger partial charge in [0.1, 0.15) is 0 Å². The lowest BCUT2D eigenvalue weighted by atomic mass is 10.1. The van der Waals surface area contributed by atoms with Crippen molar-refractivity contribution in [2.45, 2.75) is 13.3 Å². The largest absolute Gasteiger partial charge is 0.264 e. The van der Waals surface area contributed by atoms with Gasteiger partial charge in [-0.15, -0.1) is 0 Å². The molecular formula is C8H6Br2F2. The van der Waals surface area contributed by atoms with Crippen LogP contribution in [0.25, 0.3) is 0 Å². The summed E-state index contributed by atoms with van der Waals surface area (Å²) in [6, 6.07) is 3.11. The van der Waals surface area contributed by atoms with Crippen molar-refractivity contribution in [2.75, 3.05) is 0 Å². The summed E-state index contributed by atoms with van der Waals surface area (Å²) in [7, 11) is 0. The molecule has 0 heterocycles. The Morgan fingerprint density at radius 3 is 2.25 bits per heavy atom. The molecule has 0 fully saturated rings. The molecule has 0 radical (unpaired) electrons. The van der Waals surface area contributed by atoms with E-state index in [1.807, 2.05) is 0 Å². The highest BCUT2D eigenvalue weighted by Crippen LogP contribution is 2.31. The molecule has 4 heteroatoms. The van der Waals surface area contributed by atoms with E-state index in [1.165, 1.54) is 6.07 Å². The van der Waals surface area contributed by atoms with Crippen LogP contribution in [-0.4, -0.2) is 0 Å². The molecule has 0 bridgehead atoms. The summed E-state index contributed by atoms with van der Waals surface area (Å²) in [5, 5.41) is 0. The van der Waals surface area contributed by atoms with Crippen molar-refractivity contribution in [1.29, 1.82) is 0 Å². The highest BCUT2D eigenvalue weighted by Gasteiger charge is 2.12. The zero-order chi connectivity index (χ0) is 9.30. The number of hydrogen-bond donors (Lipinski definition) is 0. The van der Waals surface area contributed by atoms with Crippen LogP contribution >= 0.6 is 31.9 Å². The lowest BCUT2D eigenvalue weighted by Crippen LogP contribution is -1.88. The van der Waals surface area contributed by atoms with E-state index in [4.69, 9.17) is 0 Å². The molecule has 0 atom stereocenters. The second kappa shape index (κ2) is 3.83. The Hall–Kier alpha value is 0.0400. The van der Waals surface area contributed by atoms with E-state index in [1.54, 1.807) is 13.0 Å². The third-order valence-electron chi connectivity index (χ3n) is 1.51. The second-order valence-electron chi connectivity index (χ2n) is 2.42. The molecule has 0 spiro atoms. The van der Waals surface area contributed by atoms with Crippen LogP contribution < -0.4 is 0 Å². The smallest absolute Gasteiger partial charge is 0.205 e. The van der Waals surface area contributed by atoms with Gasteiger partial charge in [-0.3, -0.25) is 0 Å². The first-order valence-electron chi connectivity index (χ1n) is 3.26. The highest BCUT2D eigenvalue weighted by molar-refractivity contribution is 9.11. The van der Waals surface area contributed by atoms with Gasteiger partial charge in [0.2, 0.25) is 0 Å². The van der Waals surface area contributed by atoms with Gasteiger partial charge in [-0.1, -0.05) is 31.9 Å². The van der Waals surface area contributed by atoms with Gasteiger partial charge in [-0.2, -0.15) is 0 Å². The molecule has 0 aliphatic heterocycles. The molecule has 1 rings (SSSR count). The van der Waals surface area contributed by atoms with Crippen LogP contribution in [0, 0.1) is 6.92 Å². The van der Waals surface area contributed by atoms with Gasteiger partial charge in [-0.05, 0) is 24.6 Å². The van der Waals surface area contributed by atoms with Crippen LogP contribution in [0.3, 0.4) is 0 Å². The standard InChI is InChI=1S/C8H6Br2F2/c1-4-2-5(8(11)12)7(10)3-6(4)9/h2-3,8H,1H3. The molecule has 1 aromatic carbocycles. The van der Waals surface area contributed by atoms with Crippen LogP contribution in [0.4, 0.5) is 8.78 Å². The summed E-state index contributed by atoms with van der Waals surface area (Å²) >= 11 is 6.33. The number of benzene rings is 1. The summed E-state index contributed by atoms with van der Waals surface area (Å²) in [6.45, 7) is 1.78. The van der Waals surface area contributed by atoms with Crippen molar-refractivity contribution in [3.05, 3.63) is 32.2 Å². The Morgan fingerprint density at radius 1 is 1.17 bits per heavy atom. The van der Waals surface area contributed by atoms with E-state index in [0.29, 0.717) is 4.47 Å². The number of hydrogen-bond acceptors (Lipinski definition) is 0. The number of halogens is 4. The summed E-state index contributed by atoms with van der Waals surface area (Å²) < 4.78 is 25.9. The van der Waals surface area contributed by atoms with Crippen LogP contribution in [0.15, 0.2) is 21.1 Å². The van der Waals surface area contributed by atoms with Crippen molar-refractivity contribution in [3.8, 4) is 0 Å². The van der Waals surface area contributed by atoms with E-state index < -0.39 is 6.43 Å². The van der Waals surface area contributed by atoms with E-state index in [2.05, 4.69) is 31.9 Å². The molecule has 0 aliphatic rings. The van der Waals surface area contributed by atoms with Crippen LogP contribution in [0.5, 0.6) is 0 Å². The van der Waals surface area contributed by atoms with Crippen LogP contribution in [0.1, 0.15) is 17.6 Å². The lowest BCUT2D eigenvalue weighted by Gasteiger charge is -2.05. The summed E-state index contributed by atoms with van der Waals surface area (Å²) in [6.07, 6.45) is -2.42. The molecule has 0 saturated carbocycles. The monoisotopic (exact) mass is 298 g/mol. The summed E-state index contributed by atoms with van der Waals surface area (Å²) in [5.74, 6) is 0. The van der Waals surface area contributed by atoms with Crippen molar-refractivity contribution in [3.63, 3.8) is 0 Å². The van der Waals surface area contributed by atoms with E-state index in [0.717, 1.165) is 10.0 Å². The van der Waals surface area contributed by atoms with Crippen LogP contribution in [0.2, 0.25) is 0 Å². The summed E-state index contributed by atoms with van der Waals surface area (Å²) in [4.78, 5) is 0. The van der Waals surface area contributed by atoms with Gasteiger partial charge in [0.25, 0.3) is 6.43 Å². The molecule has 12 heavy (non-hydrogen) atoms. The maximum absolute atomic E-state index is 12.3. The average Bonchev–Trinajstić information content (AvgIpc) is 1.96. The molecular weight excluding hydrogens is 294 g/mol. The minimum Gasteiger partial charge on any atom is -0.205 e. The van der Waals surface area contributed by atoms with Crippen LogP contribution in [-0.2, 0) is 0 Å². The maximum atomic E-state index is 12.3. The Kier molecular flexibility index (Phi) is 3.23. The zero-order valence-electron chi connectivity index (χ0n) is 6.24. The Morgan fingerprint density at radius 2 is 1.75 bits per heavy atom. The zero-order valence-corrected chi connectivity index (χ0v) is 9.42. The van der Waals surface area contributed by atoms with Crippen molar-refractivity contribution >= 4 is 31.9 Å². The molecule has 0 saturated heterocycles. The Balaban J connectivity index is 3.23. The molecule has 0 unspecified atom stereocenters. The quantitative estimate of drug-likeness (QED) is 0.718. The van der Waals surface area contributed by atoms with Crippen molar-refractivity contribution < 1.29 is 8.78 Å². The minimum absolute atomic E-state index is 0.0377. The van der Waals surface area contributed by atoms with E-state index in [9.17, 15) is 8.78 Å². The van der Waals surface area contributed by atoms with Gasteiger partial charge >= 0.3 is 0 Å². The third kappa shape index (κ3) is 2.04. The summed E-state index contributed by atoms with van der Waals surface area (Å²) in [5.41, 5.74) is 0.851.